The van der Waals surface area contributed by atoms with Gasteiger partial charge in [0.2, 0.25) is 0 Å². The molecule has 0 spiro atoms. The quantitative estimate of drug-likeness (QED) is 0.461. The number of aryl methyl sites for hydroxylation is 1. The van der Waals surface area contributed by atoms with E-state index in [1.165, 1.54) is 0 Å². The van der Waals surface area contributed by atoms with E-state index < -0.39 is 36.6 Å². The van der Waals surface area contributed by atoms with Crippen molar-refractivity contribution in [2.24, 2.45) is 0 Å². The summed E-state index contributed by atoms with van der Waals surface area (Å²) < 4.78 is 4.90. The summed E-state index contributed by atoms with van der Waals surface area (Å²) in [6.07, 6.45) is 1.95. The highest BCUT2D eigenvalue weighted by Crippen LogP contribution is 2.16. The van der Waals surface area contributed by atoms with E-state index >= 15 is 0 Å². The molecular weight excluding hydrogens is 324 g/mol. The molecule has 3 amide bonds. The predicted octanol–water partition coefficient (Wildman–Crippen LogP) is 1.70. The minimum absolute atomic E-state index is 0.339. The first-order chi connectivity index (χ1) is 11.7. The van der Waals surface area contributed by atoms with Crippen molar-refractivity contribution in [2.45, 2.75) is 39.2 Å². The van der Waals surface area contributed by atoms with Crippen LogP contribution in [0.5, 0.6) is 0 Å². The van der Waals surface area contributed by atoms with Crippen LogP contribution in [0, 0.1) is 0 Å². The smallest absolute Gasteiger partial charge is 0.326 e. The van der Waals surface area contributed by atoms with E-state index in [2.05, 4.69) is 12.2 Å². The van der Waals surface area contributed by atoms with Crippen LogP contribution in [0.15, 0.2) is 24.3 Å². The zero-order valence-electron chi connectivity index (χ0n) is 14.6. The van der Waals surface area contributed by atoms with Crippen molar-refractivity contribution < 1.29 is 23.9 Å². The highest BCUT2D eigenvalue weighted by molar-refractivity contribution is 6.08. The topological polar surface area (TPSA) is 92.8 Å². The van der Waals surface area contributed by atoms with Crippen molar-refractivity contribution in [3.05, 3.63) is 35.4 Å². The number of rotatable bonds is 7. The molecule has 134 valence electrons. The molecule has 1 aromatic carbocycles. The largest absolute Gasteiger partial charge is 0.456 e. The van der Waals surface area contributed by atoms with Crippen molar-refractivity contribution in [1.29, 1.82) is 0 Å². The minimum atomic E-state index is -1.05. The van der Waals surface area contributed by atoms with Gasteiger partial charge in [-0.3, -0.25) is 19.3 Å². The van der Waals surface area contributed by atoms with Gasteiger partial charge in [-0.1, -0.05) is 37.6 Å². The highest BCUT2D eigenvalue weighted by Gasteiger charge is 2.45. The summed E-state index contributed by atoms with van der Waals surface area (Å²) in [6, 6.07) is 6.48. The predicted molar refractivity (Wildman–Crippen MR) is 90.1 cm³/mol. The number of carbonyl (C=O) groups is 4. The van der Waals surface area contributed by atoms with Gasteiger partial charge < -0.3 is 10.1 Å². The van der Waals surface area contributed by atoms with E-state index in [1.54, 1.807) is 26.0 Å². The fourth-order valence-electron chi connectivity index (χ4n) is 2.51. The molecule has 0 saturated carbocycles. The maximum absolute atomic E-state index is 12.1. The third kappa shape index (κ3) is 4.43. The first-order valence-corrected chi connectivity index (χ1v) is 8.16. The van der Waals surface area contributed by atoms with Gasteiger partial charge in [-0.15, -0.1) is 0 Å². The Morgan fingerprint density at radius 3 is 2.32 bits per heavy atom. The molecule has 0 aromatic heterocycles. The zero-order chi connectivity index (χ0) is 18.6. The minimum Gasteiger partial charge on any atom is -0.456 e. The van der Waals surface area contributed by atoms with Crippen molar-refractivity contribution in [1.82, 2.24) is 10.2 Å². The van der Waals surface area contributed by atoms with Crippen LogP contribution in [0.4, 0.5) is 4.79 Å². The highest BCUT2D eigenvalue weighted by atomic mass is 16.5. The normalized spacial score (nSPS) is 15.9. The van der Waals surface area contributed by atoms with Gasteiger partial charge in [0.15, 0.2) is 12.4 Å². The van der Waals surface area contributed by atoms with E-state index in [0.29, 0.717) is 5.56 Å². The monoisotopic (exact) mass is 346 g/mol. The number of imide groups is 1. The number of Topliss-reactive ketones (excluding diaryl/α,β-unsaturated/α-hetero) is 1. The third-order valence-electron chi connectivity index (χ3n) is 3.91. The fourth-order valence-corrected chi connectivity index (χ4v) is 2.51. The van der Waals surface area contributed by atoms with Crippen molar-refractivity contribution >= 4 is 23.7 Å². The molecule has 0 unspecified atom stereocenters. The Bertz CT molecular complexity index is 694. The van der Waals surface area contributed by atoms with Crippen LogP contribution < -0.4 is 5.32 Å². The van der Waals surface area contributed by atoms with Crippen molar-refractivity contribution in [3.63, 3.8) is 0 Å². The second-order valence-corrected chi connectivity index (χ2v) is 6.48. The summed E-state index contributed by atoms with van der Waals surface area (Å²) in [6.45, 7) is 4.22. The number of carbonyl (C=O) groups excluding carboxylic acids is 4. The third-order valence-corrected chi connectivity index (χ3v) is 3.91. The van der Waals surface area contributed by atoms with Crippen LogP contribution in [-0.4, -0.2) is 47.3 Å². The van der Waals surface area contributed by atoms with E-state index in [-0.39, 0.29) is 5.78 Å². The zero-order valence-corrected chi connectivity index (χ0v) is 14.6. The molecule has 1 aromatic rings. The Labute approximate surface area is 146 Å². The molecule has 0 aliphatic carbocycles. The maximum Gasteiger partial charge on any atom is 0.326 e. The maximum atomic E-state index is 12.1. The lowest BCUT2D eigenvalue weighted by Crippen LogP contribution is -2.41. The van der Waals surface area contributed by atoms with E-state index in [9.17, 15) is 19.2 Å². The molecule has 1 aliphatic heterocycles. The number of nitrogens with zero attached hydrogens (tertiary/aromatic N) is 1. The van der Waals surface area contributed by atoms with Gasteiger partial charge in [0, 0.05) is 5.56 Å². The van der Waals surface area contributed by atoms with Crippen molar-refractivity contribution in [2.75, 3.05) is 13.2 Å². The Hall–Kier alpha value is -2.70. The molecule has 1 heterocycles. The first-order valence-electron chi connectivity index (χ1n) is 8.16. The standard InChI is InChI=1S/C18H22N2O5/c1-4-5-12-6-8-13(9-7-12)14(21)11-25-15(22)10-20-16(23)18(2,3)19-17(20)24/h6-9H,4-5,10-11H2,1-3H3,(H,19,24). The van der Waals surface area contributed by atoms with Crippen LogP contribution in [0.3, 0.4) is 0 Å². The molecule has 1 saturated heterocycles. The van der Waals surface area contributed by atoms with Gasteiger partial charge in [0.25, 0.3) is 5.91 Å². The van der Waals surface area contributed by atoms with Gasteiger partial charge in [0.1, 0.15) is 12.1 Å². The summed E-state index contributed by atoms with van der Waals surface area (Å²) in [5.41, 5.74) is 0.536. The SMILES string of the molecule is CCCc1ccc(C(=O)COC(=O)CN2C(=O)NC(C)(C)C2=O)cc1. The fraction of sp³-hybridized carbons (Fsp3) is 0.444. The molecule has 7 nitrogen and oxygen atoms in total. The summed E-state index contributed by atoms with van der Waals surface area (Å²) in [5.74, 6) is -1.65. The lowest BCUT2D eigenvalue weighted by molar-refractivity contribution is -0.146. The number of benzene rings is 1. The molecule has 0 bridgehead atoms. The molecular formula is C18H22N2O5. The first kappa shape index (κ1) is 18.6. The summed E-state index contributed by atoms with van der Waals surface area (Å²) in [4.78, 5) is 48.3. The number of hydrogen-bond donors (Lipinski definition) is 1. The number of nitrogens with one attached hydrogen (secondary N) is 1. The van der Waals surface area contributed by atoms with E-state index in [4.69, 9.17) is 4.74 Å². The Morgan fingerprint density at radius 1 is 1.16 bits per heavy atom. The lowest BCUT2D eigenvalue weighted by Gasteiger charge is -2.15. The summed E-state index contributed by atoms with van der Waals surface area (Å²) in [5, 5.41) is 2.47. The molecule has 2 rings (SSSR count). The molecule has 0 radical (unpaired) electrons. The Kier molecular flexibility index (Phi) is 5.56. The van der Waals surface area contributed by atoms with Gasteiger partial charge >= 0.3 is 12.0 Å². The van der Waals surface area contributed by atoms with Gasteiger partial charge in [-0.2, -0.15) is 0 Å². The van der Waals surface area contributed by atoms with E-state index in [1.807, 2.05) is 12.1 Å². The molecule has 1 fully saturated rings. The Morgan fingerprint density at radius 2 is 1.80 bits per heavy atom. The summed E-state index contributed by atoms with van der Waals surface area (Å²) >= 11 is 0. The van der Waals surface area contributed by atoms with Crippen LogP contribution in [0.25, 0.3) is 0 Å². The lowest BCUT2D eigenvalue weighted by atomic mass is 10.1. The number of ketones is 1. The van der Waals surface area contributed by atoms with Crippen LogP contribution in [-0.2, 0) is 20.7 Å². The van der Waals surface area contributed by atoms with Gasteiger partial charge in [0.05, 0.1) is 0 Å². The average Bonchev–Trinajstić information content (AvgIpc) is 2.75. The van der Waals surface area contributed by atoms with Gasteiger partial charge in [-0.25, -0.2) is 4.79 Å². The van der Waals surface area contributed by atoms with Crippen molar-refractivity contribution in [3.8, 4) is 0 Å². The van der Waals surface area contributed by atoms with Crippen LogP contribution in [0.1, 0.15) is 43.1 Å². The Balaban J connectivity index is 1.86. The number of urea groups is 1. The molecule has 7 heteroatoms. The number of ether oxygens (including phenoxy) is 1. The number of esters is 1. The van der Waals surface area contributed by atoms with Crippen LogP contribution in [0.2, 0.25) is 0 Å². The molecule has 25 heavy (non-hydrogen) atoms. The average molecular weight is 346 g/mol. The molecule has 0 atom stereocenters. The number of amides is 3. The second kappa shape index (κ2) is 7.46. The number of hydrogen-bond acceptors (Lipinski definition) is 5. The van der Waals surface area contributed by atoms with Crippen LogP contribution >= 0.6 is 0 Å². The van der Waals surface area contributed by atoms with E-state index in [0.717, 1.165) is 23.3 Å². The molecule has 1 N–H and O–H groups in total. The van der Waals surface area contributed by atoms with Gasteiger partial charge in [-0.05, 0) is 25.8 Å². The summed E-state index contributed by atoms with van der Waals surface area (Å²) in [7, 11) is 0. The molecule has 1 aliphatic rings. The second-order valence-electron chi connectivity index (χ2n) is 6.48.